The smallest absolute Gasteiger partial charge is 0.224 e. The van der Waals surface area contributed by atoms with Crippen molar-refractivity contribution in [2.75, 3.05) is 13.1 Å². The van der Waals surface area contributed by atoms with Gasteiger partial charge in [-0.25, -0.2) is 0 Å². The van der Waals surface area contributed by atoms with Crippen molar-refractivity contribution in [2.24, 2.45) is 5.73 Å². The molecule has 1 aromatic carbocycles. The summed E-state index contributed by atoms with van der Waals surface area (Å²) in [6, 6.07) is 9.49. The topological polar surface area (TPSA) is 46.3 Å². The van der Waals surface area contributed by atoms with Gasteiger partial charge in [-0.3, -0.25) is 4.79 Å². The minimum atomic E-state index is -0.233. The zero-order valence-corrected chi connectivity index (χ0v) is 11.0. The van der Waals surface area contributed by atoms with Crippen LogP contribution in [0.4, 0.5) is 0 Å². The van der Waals surface area contributed by atoms with Gasteiger partial charge < -0.3 is 10.6 Å². The third-order valence-corrected chi connectivity index (χ3v) is 2.82. The molecule has 0 aliphatic carbocycles. The lowest BCUT2D eigenvalue weighted by Gasteiger charge is -2.22. The van der Waals surface area contributed by atoms with E-state index in [1.54, 1.807) is 11.0 Å². The van der Waals surface area contributed by atoms with Gasteiger partial charge in [-0.2, -0.15) is 0 Å². The van der Waals surface area contributed by atoms with Crippen molar-refractivity contribution >= 4 is 5.91 Å². The number of hydrogen-bond donors (Lipinski definition) is 1. The van der Waals surface area contributed by atoms with Crippen molar-refractivity contribution in [1.82, 2.24) is 4.90 Å². The summed E-state index contributed by atoms with van der Waals surface area (Å²) in [6.07, 6.45) is 3.04. The molecule has 98 valence electrons. The molecule has 0 bridgehead atoms. The summed E-state index contributed by atoms with van der Waals surface area (Å²) < 4.78 is 0. The molecular formula is C15H22N2O. The highest BCUT2D eigenvalue weighted by molar-refractivity contribution is 5.77. The lowest BCUT2D eigenvalue weighted by atomic mass is 10.0. The molecule has 0 heterocycles. The van der Waals surface area contributed by atoms with E-state index in [1.165, 1.54) is 0 Å². The average molecular weight is 246 g/mol. The van der Waals surface area contributed by atoms with E-state index in [2.05, 4.69) is 13.5 Å². The minimum Gasteiger partial charge on any atom is -0.339 e. The van der Waals surface area contributed by atoms with Crippen LogP contribution >= 0.6 is 0 Å². The monoisotopic (exact) mass is 246 g/mol. The van der Waals surface area contributed by atoms with Gasteiger partial charge in [-0.1, -0.05) is 43.3 Å². The molecule has 0 spiro atoms. The van der Waals surface area contributed by atoms with Gasteiger partial charge in [0.1, 0.15) is 0 Å². The Kier molecular flexibility index (Phi) is 6.15. The third kappa shape index (κ3) is 4.34. The van der Waals surface area contributed by atoms with E-state index in [9.17, 15) is 4.79 Å². The number of nitrogens with zero attached hydrogens (tertiary/aromatic N) is 1. The van der Waals surface area contributed by atoms with Gasteiger partial charge >= 0.3 is 0 Å². The molecule has 0 aromatic heterocycles. The minimum absolute atomic E-state index is 0.0908. The van der Waals surface area contributed by atoms with Gasteiger partial charge in [-0.15, -0.1) is 6.58 Å². The number of rotatable bonds is 7. The Hall–Kier alpha value is -1.61. The fourth-order valence-corrected chi connectivity index (χ4v) is 1.88. The maximum atomic E-state index is 12.1. The lowest BCUT2D eigenvalue weighted by molar-refractivity contribution is -0.131. The van der Waals surface area contributed by atoms with E-state index in [1.807, 2.05) is 30.3 Å². The molecule has 1 unspecified atom stereocenters. The molecule has 0 aliphatic heterocycles. The first-order valence-electron chi connectivity index (χ1n) is 6.38. The summed E-state index contributed by atoms with van der Waals surface area (Å²) in [7, 11) is 0. The van der Waals surface area contributed by atoms with Crippen molar-refractivity contribution in [2.45, 2.75) is 25.8 Å². The Labute approximate surface area is 109 Å². The highest BCUT2D eigenvalue weighted by Gasteiger charge is 2.16. The number of hydrogen-bond acceptors (Lipinski definition) is 2. The number of benzene rings is 1. The van der Waals surface area contributed by atoms with E-state index in [4.69, 9.17) is 5.73 Å². The fraction of sp³-hybridized carbons (Fsp3) is 0.400. The molecule has 1 atom stereocenters. The van der Waals surface area contributed by atoms with E-state index < -0.39 is 0 Å². The summed E-state index contributed by atoms with van der Waals surface area (Å²) in [6.45, 7) is 7.08. The molecule has 0 radical (unpaired) electrons. The van der Waals surface area contributed by atoms with Gasteiger partial charge in [0.2, 0.25) is 5.91 Å². The molecule has 2 N–H and O–H groups in total. The molecular weight excluding hydrogens is 224 g/mol. The predicted octanol–water partition coefficient (Wildman–Crippen LogP) is 2.50. The Morgan fingerprint density at radius 1 is 1.44 bits per heavy atom. The van der Waals surface area contributed by atoms with E-state index >= 15 is 0 Å². The zero-order chi connectivity index (χ0) is 13.4. The van der Waals surface area contributed by atoms with Crippen molar-refractivity contribution in [3.8, 4) is 0 Å². The van der Waals surface area contributed by atoms with E-state index in [-0.39, 0.29) is 11.9 Å². The Bertz CT molecular complexity index is 375. The van der Waals surface area contributed by atoms with Crippen molar-refractivity contribution in [3.05, 3.63) is 48.6 Å². The molecule has 1 aromatic rings. The third-order valence-electron chi connectivity index (χ3n) is 2.82. The number of carbonyl (C=O) groups excluding carboxylic acids is 1. The summed E-state index contributed by atoms with van der Waals surface area (Å²) in [4.78, 5) is 13.9. The lowest BCUT2D eigenvalue weighted by Crippen LogP contribution is -2.34. The van der Waals surface area contributed by atoms with Crippen LogP contribution in [-0.2, 0) is 4.79 Å². The summed E-state index contributed by atoms with van der Waals surface area (Å²) in [5, 5.41) is 0. The highest BCUT2D eigenvalue weighted by atomic mass is 16.2. The van der Waals surface area contributed by atoms with Gasteiger partial charge in [0.05, 0.1) is 0 Å². The standard InChI is InChI=1S/C15H22N2O/c1-3-10-17(11-4-2)15(18)12-14(16)13-8-6-5-7-9-13/h3,5-9,14H,1,4,10-12,16H2,2H3. The Morgan fingerprint density at radius 2 is 2.11 bits per heavy atom. The van der Waals surface area contributed by atoms with E-state index in [0.717, 1.165) is 18.5 Å². The zero-order valence-electron chi connectivity index (χ0n) is 11.0. The second-order valence-corrected chi connectivity index (χ2v) is 4.35. The summed E-state index contributed by atoms with van der Waals surface area (Å²) in [5.74, 6) is 0.0908. The first-order valence-corrected chi connectivity index (χ1v) is 6.38. The normalized spacial score (nSPS) is 11.9. The molecule has 0 aliphatic rings. The van der Waals surface area contributed by atoms with Crippen LogP contribution in [0.1, 0.15) is 31.4 Å². The summed E-state index contributed by atoms with van der Waals surface area (Å²) >= 11 is 0. The summed E-state index contributed by atoms with van der Waals surface area (Å²) in [5.41, 5.74) is 7.05. The maximum Gasteiger partial charge on any atom is 0.224 e. The molecule has 0 fully saturated rings. The first kappa shape index (κ1) is 14.5. The number of nitrogens with two attached hydrogens (primary N) is 1. The van der Waals surface area contributed by atoms with Crippen LogP contribution in [0.5, 0.6) is 0 Å². The quantitative estimate of drug-likeness (QED) is 0.751. The van der Waals surface area contributed by atoms with Crippen LogP contribution in [0.3, 0.4) is 0 Å². The molecule has 18 heavy (non-hydrogen) atoms. The molecule has 0 saturated heterocycles. The van der Waals surface area contributed by atoms with Crippen LogP contribution in [-0.4, -0.2) is 23.9 Å². The SMILES string of the molecule is C=CCN(CCC)C(=O)CC(N)c1ccccc1. The van der Waals surface area contributed by atoms with Crippen LogP contribution in [0.15, 0.2) is 43.0 Å². The van der Waals surface area contributed by atoms with Gasteiger partial charge in [0, 0.05) is 25.6 Å². The average Bonchev–Trinajstić information content (AvgIpc) is 2.39. The van der Waals surface area contributed by atoms with Gasteiger partial charge in [0.25, 0.3) is 0 Å². The number of carbonyl (C=O) groups is 1. The maximum absolute atomic E-state index is 12.1. The van der Waals surface area contributed by atoms with Crippen LogP contribution in [0, 0.1) is 0 Å². The van der Waals surface area contributed by atoms with Crippen molar-refractivity contribution < 1.29 is 4.79 Å². The van der Waals surface area contributed by atoms with Crippen molar-refractivity contribution in [1.29, 1.82) is 0 Å². The Balaban J connectivity index is 2.59. The molecule has 1 amide bonds. The second-order valence-electron chi connectivity index (χ2n) is 4.35. The molecule has 3 heteroatoms. The van der Waals surface area contributed by atoms with Crippen LogP contribution in [0.2, 0.25) is 0 Å². The van der Waals surface area contributed by atoms with Gasteiger partial charge in [0.15, 0.2) is 0 Å². The molecule has 1 rings (SSSR count). The highest BCUT2D eigenvalue weighted by Crippen LogP contribution is 2.14. The fourth-order valence-electron chi connectivity index (χ4n) is 1.88. The van der Waals surface area contributed by atoms with Gasteiger partial charge in [-0.05, 0) is 12.0 Å². The predicted molar refractivity (Wildman–Crippen MR) is 75.1 cm³/mol. The first-order chi connectivity index (χ1) is 8.69. The second kappa shape index (κ2) is 7.67. The van der Waals surface area contributed by atoms with Crippen LogP contribution < -0.4 is 5.73 Å². The van der Waals surface area contributed by atoms with E-state index in [0.29, 0.717) is 13.0 Å². The largest absolute Gasteiger partial charge is 0.339 e. The molecule has 0 saturated carbocycles. The number of amides is 1. The van der Waals surface area contributed by atoms with Crippen molar-refractivity contribution in [3.63, 3.8) is 0 Å². The Morgan fingerprint density at radius 3 is 2.67 bits per heavy atom. The molecule has 3 nitrogen and oxygen atoms in total. The van der Waals surface area contributed by atoms with Crippen LogP contribution in [0.25, 0.3) is 0 Å².